The number of nitrogens with one attached hydrogen (secondary N) is 1. The van der Waals surface area contributed by atoms with Crippen molar-refractivity contribution in [3.05, 3.63) is 6.33 Å². The zero-order valence-electron chi connectivity index (χ0n) is 24.0. The van der Waals surface area contributed by atoms with Gasteiger partial charge in [-0.15, -0.1) is 0 Å². The fourth-order valence-corrected chi connectivity index (χ4v) is 6.90. The van der Waals surface area contributed by atoms with Crippen LogP contribution in [0.1, 0.15) is 47.3 Å². The Hall–Kier alpha value is -2.56. The lowest BCUT2D eigenvalue weighted by atomic mass is 9.91. The van der Waals surface area contributed by atoms with E-state index >= 15 is 4.39 Å². The van der Waals surface area contributed by atoms with E-state index in [1.54, 1.807) is 27.7 Å². The number of hydrogen-bond donors (Lipinski definition) is 2. The summed E-state index contributed by atoms with van der Waals surface area (Å²) in [5.74, 6) is 0.212. The van der Waals surface area contributed by atoms with Crippen molar-refractivity contribution in [3.8, 4) is 5.88 Å². The number of amides is 1. The lowest BCUT2D eigenvalue weighted by Gasteiger charge is -2.33. The molecule has 0 aliphatic carbocycles. The van der Waals surface area contributed by atoms with Crippen LogP contribution in [0.2, 0.25) is 0 Å². The summed E-state index contributed by atoms with van der Waals surface area (Å²) in [7, 11) is -4.17. The zero-order chi connectivity index (χ0) is 30.7. The molecule has 5 unspecified atom stereocenters. The fourth-order valence-electron chi connectivity index (χ4n) is 4.47. The molecule has 42 heavy (non-hydrogen) atoms. The monoisotopic (exact) mass is 634 g/mol. The maximum atomic E-state index is 16.3. The zero-order valence-corrected chi connectivity index (χ0v) is 25.7. The molecule has 15 nitrogen and oxygen atoms in total. The van der Waals surface area contributed by atoms with Crippen molar-refractivity contribution in [1.29, 1.82) is 0 Å². The minimum Gasteiger partial charge on any atom is -0.476 e. The first kappa shape index (κ1) is 32.4. The van der Waals surface area contributed by atoms with Crippen molar-refractivity contribution in [2.75, 3.05) is 44.5 Å². The van der Waals surface area contributed by atoms with Crippen LogP contribution in [0.25, 0.3) is 11.2 Å². The van der Waals surface area contributed by atoms with E-state index in [-0.39, 0.29) is 60.2 Å². The Morgan fingerprint density at radius 1 is 1.33 bits per heavy atom. The highest BCUT2D eigenvalue weighted by molar-refractivity contribution is 8.13. The van der Waals surface area contributed by atoms with Crippen molar-refractivity contribution >= 4 is 47.9 Å². The first-order chi connectivity index (χ1) is 19.8. The van der Waals surface area contributed by atoms with Gasteiger partial charge in [0.05, 0.1) is 32.8 Å². The summed E-state index contributed by atoms with van der Waals surface area (Å²) in [6, 6.07) is 0. The van der Waals surface area contributed by atoms with Crippen LogP contribution in [0.5, 0.6) is 5.88 Å². The van der Waals surface area contributed by atoms with Crippen molar-refractivity contribution in [2.45, 2.75) is 65.1 Å². The summed E-state index contributed by atoms with van der Waals surface area (Å²) >= 11 is 0.983. The van der Waals surface area contributed by atoms with E-state index in [0.29, 0.717) is 13.0 Å². The van der Waals surface area contributed by atoms with Crippen molar-refractivity contribution < 1.29 is 46.3 Å². The van der Waals surface area contributed by atoms with Gasteiger partial charge in [-0.05, 0) is 27.2 Å². The van der Waals surface area contributed by atoms with E-state index in [1.807, 2.05) is 0 Å². The SMILES string of the molecule is CCOC(=O)NCCC(C)(C)C(=O)SCCOP1(=O)OCC2OC(n3cnc4c(OCC)nc(N)nc43)C(C)(F)C2O1. The largest absolute Gasteiger partial charge is 0.476 e. The van der Waals surface area contributed by atoms with Gasteiger partial charge in [0.25, 0.3) is 0 Å². The van der Waals surface area contributed by atoms with Gasteiger partial charge in [0.15, 0.2) is 28.2 Å². The molecule has 2 aliphatic rings. The average molecular weight is 635 g/mol. The Morgan fingerprint density at radius 2 is 2.10 bits per heavy atom. The molecule has 0 aromatic carbocycles. The molecule has 2 aromatic heterocycles. The Balaban J connectivity index is 1.33. The summed E-state index contributed by atoms with van der Waals surface area (Å²) in [5.41, 5.74) is 3.34. The molecule has 2 fully saturated rings. The van der Waals surface area contributed by atoms with Crippen LogP contribution < -0.4 is 15.8 Å². The standard InChI is InChI=1S/C24H36FN6O9PS/c1-6-35-18-15-17(29-21(26)30-18)31(13-28-15)19-24(5,25)16-14(39-19)12-38-41(34,40-16)37-10-11-42-20(32)23(3,4)8-9-27-22(33)36-7-2/h13-14,16,19H,6-12H2,1-5H3,(H,27,33)(H2,26,29,30). The molecule has 2 saturated heterocycles. The lowest BCUT2D eigenvalue weighted by Crippen LogP contribution is -2.44. The molecule has 1 amide bonds. The molecule has 18 heteroatoms. The first-order valence-corrected chi connectivity index (χ1v) is 15.9. The topological polar surface area (TPSA) is 188 Å². The number of imidazole rings is 1. The highest BCUT2D eigenvalue weighted by atomic mass is 32.2. The Bertz CT molecular complexity index is 1340. The highest BCUT2D eigenvalue weighted by Gasteiger charge is 2.61. The van der Waals surface area contributed by atoms with Crippen molar-refractivity contribution in [1.82, 2.24) is 24.8 Å². The molecule has 5 atom stereocenters. The highest BCUT2D eigenvalue weighted by Crippen LogP contribution is 2.59. The van der Waals surface area contributed by atoms with Gasteiger partial charge in [0.2, 0.25) is 11.8 Å². The second-order valence-corrected chi connectivity index (χ2v) is 13.0. The molecule has 0 saturated carbocycles. The van der Waals surface area contributed by atoms with E-state index < -0.39 is 43.4 Å². The number of anilines is 1. The summed E-state index contributed by atoms with van der Waals surface area (Å²) in [5, 5.41) is 2.44. The summed E-state index contributed by atoms with van der Waals surface area (Å²) in [6.07, 6.45) is -2.30. The quantitative estimate of drug-likeness (QED) is 0.255. The molecular weight excluding hydrogens is 598 g/mol. The van der Waals surface area contributed by atoms with Gasteiger partial charge in [-0.25, -0.2) is 18.7 Å². The molecule has 0 bridgehead atoms. The predicted octanol–water partition coefficient (Wildman–Crippen LogP) is 3.40. The number of rotatable bonds is 12. The predicted molar refractivity (Wildman–Crippen MR) is 150 cm³/mol. The van der Waals surface area contributed by atoms with Crippen LogP contribution in [0, 0.1) is 5.41 Å². The Labute approximate surface area is 246 Å². The molecule has 4 rings (SSSR count). The Kier molecular flexibility index (Phi) is 10.00. The molecule has 2 aromatic rings. The van der Waals surface area contributed by atoms with Gasteiger partial charge in [-0.1, -0.05) is 25.6 Å². The van der Waals surface area contributed by atoms with E-state index in [1.165, 1.54) is 17.8 Å². The van der Waals surface area contributed by atoms with Crippen LogP contribution in [-0.4, -0.2) is 87.3 Å². The number of phosphoric acid groups is 1. The number of thioether (sulfide) groups is 1. The summed E-state index contributed by atoms with van der Waals surface area (Å²) in [6.45, 7) is 8.66. The number of phosphoric ester groups is 1. The van der Waals surface area contributed by atoms with Crippen LogP contribution >= 0.6 is 19.6 Å². The third-order valence-electron chi connectivity index (χ3n) is 6.67. The molecule has 3 N–H and O–H groups in total. The van der Waals surface area contributed by atoms with Gasteiger partial charge in [0.1, 0.15) is 12.2 Å². The molecule has 0 spiro atoms. The van der Waals surface area contributed by atoms with Gasteiger partial charge in [-0.2, -0.15) is 9.97 Å². The minimum absolute atomic E-state index is 0.0887. The molecule has 4 heterocycles. The molecule has 2 aliphatic heterocycles. The van der Waals surface area contributed by atoms with E-state index in [4.69, 9.17) is 33.5 Å². The third-order valence-corrected chi connectivity index (χ3v) is 9.31. The lowest BCUT2D eigenvalue weighted by molar-refractivity contribution is -0.118. The summed E-state index contributed by atoms with van der Waals surface area (Å²) in [4.78, 5) is 36.6. The van der Waals surface area contributed by atoms with Crippen molar-refractivity contribution in [3.63, 3.8) is 0 Å². The van der Waals surface area contributed by atoms with Gasteiger partial charge in [0, 0.05) is 17.7 Å². The molecule has 234 valence electrons. The maximum absolute atomic E-state index is 16.3. The second-order valence-electron chi connectivity index (χ2n) is 10.3. The number of nitrogens with zero attached hydrogens (tertiary/aromatic N) is 4. The number of nitrogens with two attached hydrogens (primary N) is 1. The Morgan fingerprint density at radius 3 is 2.81 bits per heavy atom. The van der Waals surface area contributed by atoms with E-state index in [9.17, 15) is 14.2 Å². The molecule has 0 radical (unpaired) electrons. The number of alkyl carbamates (subject to hydrolysis) is 1. The number of halogens is 1. The number of carbonyl (C=O) groups excluding carboxylic acids is 2. The normalized spacial score (nSPS) is 27.5. The van der Waals surface area contributed by atoms with E-state index in [2.05, 4.69) is 20.3 Å². The van der Waals surface area contributed by atoms with Crippen LogP contribution in [0.4, 0.5) is 15.1 Å². The third kappa shape index (κ3) is 6.97. The number of carbonyl (C=O) groups is 2. The fraction of sp³-hybridized carbons (Fsp3) is 0.708. The van der Waals surface area contributed by atoms with Crippen LogP contribution in [0.3, 0.4) is 0 Å². The number of aromatic nitrogens is 4. The summed E-state index contributed by atoms with van der Waals surface area (Å²) < 4.78 is 63.4. The van der Waals surface area contributed by atoms with E-state index in [0.717, 1.165) is 11.8 Å². The smallest absolute Gasteiger partial charge is 0.475 e. The second kappa shape index (κ2) is 13.0. The van der Waals surface area contributed by atoms with Crippen LogP contribution in [-0.2, 0) is 32.4 Å². The number of hydrogen-bond acceptors (Lipinski definition) is 14. The van der Waals surface area contributed by atoms with Crippen LogP contribution in [0.15, 0.2) is 6.33 Å². The van der Waals surface area contributed by atoms with Gasteiger partial charge in [-0.3, -0.25) is 22.9 Å². The number of fused-ring (bicyclic) bond motifs is 2. The number of alkyl halides is 1. The number of nitrogen functional groups attached to an aromatic ring is 1. The van der Waals surface area contributed by atoms with Gasteiger partial charge >= 0.3 is 13.9 Å². The van der Waals surface area contributed by atoms with Gasteiger partial charge < -0.3 is 25.3 Å². The maximum Gasteiger partial charge on any atom is 0.475 e. The number of ether oxygens (including phenoxy) is 3. The average Bonchev–Trinajstić information content (AvgIpc) is 3.44. The van der Waals surface area contributed by atoms with Crippen molar-refractivity contribution in [2.24, 2.45) is 5.41 Å². The molecular formula is C24H36FN6O9PS. The first-order valence-electron chi connectivity index (χ1n) is 13.4. The minimum atomic E-state index is -4.17.